The average molecular weight is 431 g/mol. The van der Waals surface area contributed by atoms with Gasteiger partial charge in [-0.05, 0) is 55.3 Å². The lowest BCUT2D eigenvalue weighted by Crippen LogP contribution is -2.37. The molecule has 0 spiro atoms. The van der Waals surface area contributed by atoms with Crippen LogP contribution in [0.2, 0.25) is 0 Å². The van der Waals surface area contributed by atoms with Crippen molar-refractivity contribution in [3.63, 3.8) is 0 Å². The standard InChI is InChI=1S/C18H27BrN2O5/c1-6-9-25-15-13(19)10-12(11-14(15)24-5)16(22)20-7-8-21-17(23)26-18(2,3)4/h10-11H,6-9H2,1-5H3,(H,20,22)(H,21,23). The summed E-state index contributed by atoms with van der Waals surface area (Å²) in [6.45, 7) is 8.45. The zero-order valence-corrected chi connectivity index (χ0v) is 17.5. The number of methoxy groups -OCH3 is 1. The summed E-state index contributed by atoms with van der Waals surface area (Å²) in [5.41, 5.74) is -0.132. The molecule has 7 nitrogen and oxygen atoms in total. The molecule has 0 radical (unpaired) electrons. The summed E-state index contributed by atoms with van der Waals surface area (Å²) in [7, 11) is 1.52. The maximum absolute atomic E-state index is 12.3. The molecule has 0 aliphatic rings. The Morgan fingerprint density at radius 2 is 1.81 bits per heavy atom. The summed E-state index contributed by atoms with van der Waals surface area (Å²) >= 11 is 3.41. The van der Waals surface area contributed by atoms with Gasteiger partial charge in [-0.2, -0.15) is 0 Å². The summed E-state index contributed by atoms with van der Waals surface area (Å²) in [4.78, 5) is 23.8. The highest BCUT2D eigenvalue weighted by Crippen LogP contribution is 2.36. The van der Waals surface area contributed by atoms with Crippen molar-refractivity contribution < 1.29 is 23.8 Å². The second kappa shape index (κ2) is 10.3. The van der Waals surface area contributed by atoms with E-state index < -0.39 is 11.7 Å². The number of carbonyl (C=O) groups excluding carboxylic acids is 2. The van der Waals surface area contributed by atoms with Gasteiger partial charge in [-0.3, -0.25) is 4.79 Å². The van der Waals surface area contributed by atoms with E-state index in [-0.39, 0.29) is 19.0 Å². The number of hydrogen-bond acceptors (Lipinski definition) is 5. The molecule has 1 aromatic rings. The Labute approximate surface area is 162 Å². The van der Waals surface area contributed by atoms with Crippen molar-refractivity contribution in [1.29, 1.82) is 0 Å². The van der Waals surface area contributed by atoms with E-state index in [0.717, 1.165) is 6.42 Å². The van der Waals surface area contributed by atoms with E-state index in [2.05, 4.69) is 26.6 Å². The minimum Gasteiger partial charge on any atom is -0.493 e. The third-order valence-electron chi connectivity index (χ3n) is 3.02. The van der Waals surface area contributed by atoms with E-state index in [1.165, 1.54) is 7.11 Å². The first-order valence-electron chi connectivity index (χ1n) is 8.43. The van der Waals surface area contributed by atoms with Crippen molar-refractivity contribution >= 4 is 27.9 Å². The monoisotopic (exact) mass is 430 g/mol. The second-order valence-corrected chi connectivity index (χ2v) is 7.38. The predicted octanol–water partition coefficient (Wildman–Crippen LogP) is 3.50. The Morgan fingerprint density at radius 3 is 2.38 bits per heavy atom. The zero-order chi connectivity index (χ0) is 19.7. The van der Waals surface area contributed by atoms with Crippen molar-refractivity contribution in [2.75, 3.05) is 26.8 Å². The van der Waals surface area contributed by atoms with Gasteiger partial charge in [0.15, 0.2) is 11.5 Å². The Balaban J connectivity index is 2.59. The molecule has 2 N–H and O–H groups in total. The van der Waals surface area contributed by atoms with E-state index in [1.54, 1.807) is 32.9 Å². The van der Waals surface area contributed by atoms with Crippen LogP contribution in [-0.2, 0) is 4.74 Å². The van der Waals surface area contributed by atoms with Crippen LogP contribution in [0.15, 0.2) is 16.6 Å². The number of carbonyl (C=O) groups is 2. The molecule has 146 valence electrons. The van der Waals surface area contributed by atoms with Crippen molar-refractivity contribution in [3.05, 3.63) is 22.2 Å². The van der Waals surface area contributed by atoms with Crippen LogP contribution in [0, 0.1) is 0 Å². The van der Waals surface area contributed by atoms with Crippen LogP contribution in [0.4, 0.5) is 4.79 Å². The molecule has 0 heterocycles. The smallest absolute Gasteiger partial charge is 0.407 e. The highest BCUT2D eigenvalue weighted by Gasteiger charge is 2.17. The van der Waals surface area contributed by atoms with Gasteiger partial charge >= 0.3 is 6.09 Å². The number of alkyl carbamates (subject to hydrolysis) is 1. The third-order valence-corrected chi connectivity index (χ3v) is 3.61. The van der Waals surface area contributed by atoms with E-state index in [1.807, 2.05) is 6.92 Å². The molecule has 0 saturated carbocycles. The Hall–Kier alpha value is -1.96. The number of amides is 2. The maximum Gasteiger partial charge on any atom is 0.407 e. The molecule has 1 aromatic carbocycles. The first-order valence-corrected chi connectivity index (χ1v) is 9.22. The largest absolute Gasteiger partial charge is 0.493 e. The first kappa shape index (κ1) is 22.1. The maximum atomic E-state index is 12.3. The fourth-order valence-electron chi connectivity index (χ4n) is 1.95. The summed E-state index contributed by atoms with van der Waals surface area (Å²) in [5, 5.41) is 5.31. The quantitative estimate of drug-likeness (QED) is 0.616. The number of nitrogens with one attached hydrogen (secondary N) is 2. The Kier molecular flexibility index (Phi) is 8.71. The second-order valence-electron chi connectivity index (χ2n) is 6.52. The molecule has 0 aromatic heterocycles. The van der Waals surface area contributed by atoms with E-state index in [9.17, 15) is 9.59 Å². The zero-order valence-electron chi connectivity index (χ0n) is 15.9. The van der Waals surface area contributed by atoms with Gasteiger partial charge in [0.05, 0.1) is 18.2 Å². The SMILES string of the molecule is CCCOc1c(Br)cc(C(=O)NCCNC(=O)OC(C)(C)C)cc1OC. The van der Waals surface area contributed by atoms with Gasteiger partial charge in [0.25, 0.3) is 5.91 Å². The summed E-state index contributed by atoms with van der Waals surface area (Å²) in [5.74, 6) is 0.763. The highest BCUT2D eigenvalue weighted by molar-refractivity contribution is 9.10. The van der Waals surface area contributed by atoms with Gasteiger partial charge in [-0.15, -0.1) is 0 Å². The van der Waals surface area contributed by atoms with Crippen LogP contribution in [0.5, 0.6) is 11.5 Å². The molecule has 0 atom stereocenters. The molecule has 1 rings (SSSR count). The Bertz CT molecular complexity index is 629. The number of halogens is 1. The topological polar surface area (TPSA) is 85.9 Å². The summed E-state index contributed by atoms with van der Waals surface area (Å²) in [6.07, 6.45) is 0.344. The average Bonchev–Trinajstić information content (AvgIpc) is 2.55. The minimum atomic E-state index is -0.558. The molecule has 0 bridgehead atoms. The molecule has 26 heavy (non-hydrogen) atoms. The van der Waals surface area contributed by atoms with Crippen LogP contribution >= 0.6 is 15.9 Å². The minimum absolute atomic E-state index is 0.261. The van der Waals surface area contributed by atoms with E-state index in [4.69, 9.17) is 14.2 Å². The molecular formula is C18H27BrN2O5. The summed E-state index contributed by atoms with van der Waals surface area (Å²) in [6, 6.07) is 3.29. The molecule has 0 fully saturated rings. The van der Waals surface area contributed by atoms with Gasteiger partial charge in [0, 0.05) is 18.7 Å². The first-order chi connectivity index (χ1) is 12.2. The molecule has 0 unspecified atom stereocenters. The van der Waals surface area contributed by atoms with Gasteiger partial charge in [-0.1, -0.05) is 6.92 Å². The third kappa shape index (κ3) is 7.51. The van der Waals surface area contributed by atoms with Gasteiger partial charge in [-0.25, -0.2) is 4.79 Å². The van der Waals surface area contributed by atoms with Gasteiger partial charge < -0.3 is 24.8 Å². The predicted molar refractivity (Wildman–Crippen MR) is 103 cm³/mol. The molecule has 0 aliphatic heterocycles. The number of benzene rings is 1. The fourth-order valence-corrected chi connectivity index (χ4v) is 2.51. The van der Waals surface area contributed by atoms with Crippen molar-refractivity contribution in [2.45, 2.75) is 39.7 Å². The van der Waals surface area contributed by atoms with Crippen LogP contribution in [0.1, 0.15) is 44.5 Å². The molecule has 0 aliphatic carbocycles. The lowest BCUT2D eigenvalue weighted by Gasteiger charge is -2.19. The lowest BCUT2D eigenvalue weighted by atomic mass is 10.2. The highest BCUT2D eigenvalue weighted by atomic mass is 79.9. The lowest BCUT2D eigenvalue weighted by molar-refractivity contribution is 0.0526. The van der Waals surface area contributed by atoms with E-state index >= 15 is 0 Å². The van der Waals surface area contributed by atoms with E-state index in [0.29, 0.717) is 28.1 Å². The number of ether oxygens (including phenoxy) is 3. The summed E-state index contributed by atoms with van der Waals surface area (Å²) < 4.78 is 16.7. The Morgan fingerprint density at radius 1 is 1.15 bits per heavy atom. The van der Waals surface area contributed by atoms with Crippen LogP contribution in [-0.4, -0.2) is 44.4 Å². The van der Waals surface area contributed by atoms with Crippen molar-refractivity contribution in [1.82, 2.24) is 10.6 Å². The van der Waals surface area contributed by atoms with Crippen LogP contribution < -0.4 is 20.1 Å². The van der Waals surface area contributed by atoms with Crippen molar-refractivity contribution in [3.8, 4) is 11.5 Å². The fraction of sp³-hybridized carbons (Fsp3) is 0.556. The van der Waals surface area contributed by atoms with Crippen LogP contribution in [0.3, 0.4) is 0 Å². The molecule has 2 amide bonds. The van der Waals surface area contributed by atoms with Crippen LogP contribution in [0.25, 0.3) is 0 Å². The number of rotatable bonds is 8. The van der Waals surface area contributed by atoms with Gasteiger partial charge in [0.2, 0.25) is 0 Å². The number of hydrogen-bond donors (Lipinski definition) is 2. The van der Waals surface area contributed by atoms with Gasteiger partial charge in [0.1, 0.15) is 5.60 Å². The van der Waals surface area contributed by atoms with Crippen molar-refractivity contribution in [2.24, 2.45) is 0 Å². The molecular weight excluding hydrogens is 404 g/mol. The normalized spacial score (nSPS) is 10.8. The molecule has 8 heteroatoms. The molecule has 0 saturated heterocycles.